The lowest BCUT2D eigenvalue weighted by Gasteiger charge is -2.11. The molecule has 0 aliphatic rings. The first kappa shape index (κ1) is 15.7. The zero-order valence-electron chi connectivity index (χ0n) is 12.1. The molecular weight excluding hydrogens is 338 g/mol. The van der Waals surface area contributed by atoms with Gasteiger partial charge in [0.05, 0.1) is 27.0 Å². The molecule has 0 saturated carbocycles. The van der Waals surface area contributed by atoms with E-state index in [1.807, 2.05) is 17.0 Å². The SMILES string of the molecule is CCc1nn(CC)c(CC(O)Cc2nc(C)cs2)c1Br. The number of halogens is 1. The first-order chi connectivity index (χ1) is 9.55. The smallest absolute Gasteiger partial charge is 0.0954 e. The zero-order chi connectivity index (χ0) is 14.7. The van der Waals surface area contributed by atoms with Crippen molar-refractivity contribution in [3.63, 3.8) is 0 Å². The van der Waals surface area contributed by atoms with E-state index in [-0.39, 0.29) is 0 Å². The molecule has 4 nitrogen and oxygen atoms in total. The molecule has 20 heavy (non-hydrogen) atoms. The van der Waals surface area contributed by atoms with Crippen molar-refractivity contribution in [3.05, 3.63) is 31.9 Å². The predicted octanol–water partition coefficient (Wildman–Crippen LogP) is 3.14. The second-order valence-electron chi connectivity index (χ2n) is 4.82. The van der Waals surface area contributed by atoms with Gasteiger partial charge in [-0.3, -0.25) is 4.68 Å². The highest BCUT2D eigenvalue weighted by atomic mass is 79.9. The molecule has 0 amide bonds. The standard InChI is InChI=1S/C14H20BrN3OS/c1-4-11-14(15)12(18(5-2)17-11)6-10(19)7-13-16-9(3)8-20-13/h8,10,19H,4-7H2,1-3H3. The van der Waals surface area contributed by atoms with Crippen LogP contribution in [0.4, 0.5) is 0 Å². The molecule has 2 aromatic rings. The molecule has 1 atom stereocenters. The monoisotopic (exact) mass is 357 g/mol. The third-order valence-electron chi connectivity index (χ3n) is 3.20. The first-order valence-corrected chi connectivity index (χ1v) is 8.55. The maximum Gasteiger partial charge on any atom is 0.0954 e. The first-order valence-electron chi connectivity index (χ1n) is 6.88. The molecule has 0 aliphatic carbocycles. The Morgan fingerprint density at radius 3 is 2.70 bits per heavy atom. The lowest BCUT2D eigenvalue weighted by atomic mass is 10.1. The molecule has 0 fully saturated rings. The van der Waals surface area contributed by atoms with Gasteiger partial charge < -0.3 is 5.11 Å². The van der Waals surface area contributed by atoms with Crippen LogP contribution in [-0.4, -0.2) is 26.0 Å². The number of thiazole rings is 1. The Morgan fingerprint density at radius 2 is 2.15 bits per heavy atom. The molecule has 0 radical (unpaired) electrons. The molecule has 0 saturated heterocycles. The molecule has 110 valence electrons. The summed E-state index contributed by atoms with van der Waals surface area (Å²) in [5, 5.41) is 17.9. The van der Waals surface area contributed by atoms with E-state index >= 15 is 0 Å². The maximum absolute atomic E-state index is 10.3. The Hall–Kier alpha value is -0.720. The normalized spacial score (nSPS) is 12.8. The summed E-state index contributed by atoms with van der Waals surface area (Å²) in [6.07, 6.45) is 1.66. The van der Waals surface area contributed by atoms with Gasteiger partial charge in [-0.1, -0.05) is 6.92 Å². The van der Waals surface area contributed by atoms with Crippen LogP contribution in [0, 0.1) is 6.92 Å². The molecule has 2 rings (SSSR count). The van der Waals surface area contributed by atoms with E-state index < -0.39 is 6.10 Å². The van der Waals surface area contributed by atoms with Gasteiger partial charge in [-0.2, -0.15) is 5.10 Å². The number of hydrogen-bond acceptors (Lipinski definition) is 4. The topological polar surface area (TPSA) is 50.9 Å². The zero-order valence-corrected chi connectivity index (χ0v) is 14.5. The summed E-state index contributed by atoms with van der Waals surface area (Å²) < 4.78 is 3.01. The molecular formula is C14H20BrN3OS. The van der Waals surface area contributed by atoms with Crippen LogP contribution < -0.4 is 0 Å². The average Bonchev–Trinajstić information content (AvgIpc) is 2.95. The highest BCUT2D eigenvalue weighted by Crippen LogP contribution is 2.24. The maximum atomic E-state index is 10.3. The summed E-state index contributed by atoms with van der Waals surface area (Å²) in [4.78, 5) is 4.40. The van der Waals surface area contributed by atoms with Crippen molar-refractivity contribution in [1.29, 1.82) is 0 Å². The van der Waals surface area contributed by atoms with Gasteiger partial charge in [0.2, 0.25) is 0 Å². The molecule has 2 aromatic heterocycles. The summed E-state index contributed by atoms with van der Waals surface area (Å²) in [5.41, 5.74) is 3.15. The van der Waals surface area contributed by atoms with Gasteiger partial charge in [-0.25, -0.2) is 4.98 Å². The van der Waals surface area contributed by atoms with Crippen molar-refractivity contribution in [1.82, 2.24) is 14.8 Å². The summed E-state index contributed by atoms with van der Waals surface area (Å²) >= 11 is 5.22. The van der Waals surface area contributed by atoms with Crippen LogP contribution in [0.2, 0.25) is 0 Å². The number of nitrogens with zero attached hydrogens (tertiary/aromatic N) is 3. The lowest BCUT2D eigenvalue weighted by Crippen LogP contribution is -2.17. The van der Waals surface area contributed by atoms with Gasteiger partial charge in [0.1, 0.15) is 0 Å². The number of aryl methyl sites for hydroxylation is 3. The van der Waals surface area contributed by atoms with Gasteiger partial charge in [-0.15, -0.1) is 11.3 Å². The van der Waals surface area contributed by atoms with Crippen molar-refractivity contribution in [2.45, 2.75) is 52.7 Å². The van der Waals surface area contributed by atoms with E-state index in [0.717, 1.165) is 39.5 Å². The lowest BCUT2D eigenvalue weighted by molar-refractivity contribution is 0.172. The Bertz CT molecular complexity index is 579. The Morgan fingerprint density at radius 1 is 1.40 bits per heavy atom. The molecule has 0 bridgehead atoms. The van der Waals surface area contributed by atoms with Crippen LogP contribution in [0.25, 0.3) is 0 Å². The molecule has 6 heteroatoms. The van der Waals surface area contributed by atoms with Gasteiger partial charge in [0.15, 0.2) is 0 Å². The van der Waals surface area contributed by atoms with E-state index in [4.69, 9.17) is 0 Å². The van der Waals surface area contributed by atoms with E-state index in [1.54, 1.807) is 11.3 Å². The minimum atomic E-state index is -0.427. The van der Waals surface area contributed by atoms with Gasteiger partial charge in [-0.05, 0) is 36.2 Å². The van der Waals surface area contributed by atoms with Crippen molar-refractivity contribution >= 4 is 27.3 Å². The highest BCUT2D eigenvalue weighted by Gasteiger charge is 2.18. The van der Waals surface area contributed by atoms with E-state index in [1.165, 1.54) is 0 Å². The van der Waals surface area contributed by atoms with Crippen LogP contribution >= 0.6 is 27.3 Å². The van der Waals surface area contributed by atoms with E-state index in [0.29, 0.717) is 12.8 Å². The molecule has 0 spiro atoms. The fraction of sp³-hybridized carbons (Fsp3) is 0.571. The fourth-order valence-corrected chi connectivity index (χ4v) is 3.78. The summed E-state index contributed by atoms with van der Waals surface area (Å²) in [6, 6.07) is 0. The molecule has 2 heterocycles. The predicted molar refractivity (Wildman–Crippen MR) is 85.2 cm³/mol. The van der Waals surface area contributed by atoms with E-state index in [9.17, 15) is 5.11 Å². The quantitative estimate of drug-likeness (QED) is 0.863. The van der Waals surface area contributed by atoms with Gasteiger partial charge in [0.25, 0.3) is 0 Å². The molecule has 1 unspecified atom stereocenters. The highest BCUT2D eigenvalue weighted by molar-refractivity contribution is 9.10. The van der Waals surface area contributed by atoms with E-state index in [2.05, 4.69) is 39.9 Å². The van der Waals surface area contributed by atoms with Gasteiger partial charge in [0, 0.05) is 30.5 Å². The largest absolute Gasteiger partial charge is 0.392 e. The van der Waals surface area contributed by atoms with Crippen molar-refractivity contribution in [3.8, 4) is 0 Å². The van der Waals surface area contributed by atoms with Crippen molar-refractivity contribution in [2.75, 3.05) is 0 Å². The van der Waals surface area contributed by atoms with Crippen LogP contribution in [0.5, 0.6) is 0 Å². The summed E-state index contributed by atoms with van der Waals surface area (Å²) in [5.74, 6) is 0. The number of hydrogen-bond donors (Lipinski definition) is 1. The van der Waals surface area contributed by atoms with Crippen LogP contribution in [-0.2, 0) is 25.8 Å². The second-order valence-corrected chi connectivity index (χ2v) is 6.56. The minimum Gasteiger partial charge on any atom is -0.392 e. The van der Waals surface area contributed by atoms with Crippen molar-refractivity contribution in [2.24, 2.45) is 0 Å². The second kappa shape index (κ2) is 6.83. The summed E-state index contributed by atoms with van der Waals surface area (Å²) in [6.45, 7) is 6.95. The third kappa shape index (κ3) is 3.48. The van der Waals surface area contributed by atoms with Crippen LogP contribution in [0.3, 0.4) is 0 Å². The summed E-state index contributed by atoms with van der Waals surface area (Å²) in [7, 11) is 0. The van der Waals surface area contributed by atoms with Crippen LogP contribution in [0.15, 0.2) is 9.85 Å². The van der Waals surface area contributed by atoms with Gasteiger partial charge >= 0.3 is 0 Å². The minimum absolute atomic E-state index is 0.427. The number of aromatic nitrogens is 3. The number of aliphatic hydroxyl groups is 1. The number of aliphatic hydroxyl groups excluding tert-OH is 1. The molecule has 0 aliphatic heterocycles. The Kier molecular flexibility index (Phi) is 5.35. The Labute approximate surface area is 132 Å². The third-order valence-corrected chi connectivity index (χ3v) is 5.10. The molecule has 1 N–H and O–H groups in total. The molecule has 0 aromatic carbocycles. The fourth-order valence-electron chi connectivity index (χ4n) is 2.21. The van der Waals surface area contributed by atoms with Crippen LogP contribution in [0.1, 0.15) is 35.9 Å². The van der Waals surface area contributed by atoms with Crippen molar-refractivity contribution < 1.29 is 5.11 Å². The number of rotatable bonds is 6. The Balaban J connectivity index is 2.10. The average molecular weight is 358 g/mol.